The lowest BCUT2D eigenvalue weighted by molar-refractivity contribution is -0.123. The van der Waals surface area contributed by atoms with E-state index in [1.54, 1.807) is 30.3 Å². The number of hydrogen-bond donors (Lipinski definition) is 1. The van der Waals surface area contributed by atoms with Gasteiger partial charge in [0.15, 0.2) is 6.61 Å². The number of carbonyl (C=O) groups is 1. The molecule has 0 aliphatic carbocycles. The average Bonchev–Trinajstić information content (AvgIpc) is 3.22. The van der Waals surface area contributed by atoms with Crippen LogP contribution in [0.25, 0.3) is 11.3 Å². The van der Waals surface area contributed by atoms with Crippen LogP contribution in [0.15, 0.2) is 64.1 Å². The van der Waals surface area contributed by atoms with Crippen molar-refractivity contribution in [2.45, 2.75) is 26.2 Å². The standard InChI is InChI=1S/C23H22Cl2N2O3/c1-3-15(2)16-4-7-18(8-5-16)29-14-23(28)27-26-13-19-9-11-22(30-19)20-12-17(24)6-10-21(20)25/h4-13,15H,3,14H2,1-2H3,(H,27,28)/b26-13-. The van der Waals surface area contributed by atoms with Crippen molar-refractivity contribution in [1.29, 1.82) is 0 Å². The monoisotopic (exact) mass is 444 g/mol. The summed E-state index contributed by atoms with van der Waals surface area (Å²) in [6, 6.07) is 16.4. The highest BCUT2D eigenvalue weighted by molar-refractivity contribution is 6.35. The van der Waals surface area contributed by atoms with E-state index in [1.165, 1.54) is 11.8 Å². The van der Waals surface area contributed by atoms with Crippen LogP contribution < -0.4 is 10.2 Å². The first kappa shape index (κ1) is 21.9. The molecule has 0 saturated heterocycles. The summed E-state index contributed by atoms with van der Waals surface area (Å²) in [4.78, 5) is 11.9. The molecule has 5 nitrogen and oxygen atoms in total. The van der Waals surface area contributed by atoms with Crippen molar-refractivity contribution in [2.24, 2.45) is 5.10 Å². The van der Waals surface area contributed by atoms with Gasteiger partial charge in [-0.1, -0.05) is 49.2 Å². The fraction of sp³-hybridized carbons (Fsp3) is 0.217. The van der Waals surface area contributed by atoms with Gasteiger partial charge < -0.3 is 9.15 Å². The minimum atomic E-state index is -0.373. The highest BCUT2D eigenvalue weighted by atomic mass is 35.5. The predicted molar refractivity (Wildman–Crippen MR) is 121 cm³/mol. The Kier molecular flexibility index (Phi) is 7.55. The normalized spacial score (nSPS) is 12.1. The molecule has 1 atom stereocenters. The first-order valence-corrected chi connectivity index (χ1v) is 10.3. The third kappa shape index (κ3) is 5.88. The zero-order chi connectivity index (χ0) is 21.5. The van der Waals surface area contributed by atoms with E-state index >= 15 is 0 Å². The molecule has 0 fully saturated rings. The largest absolute Gasteiger partial charge is 0.484 e. The molecule has 1 unspecified atom stereocenters. The Balaban J connectivity index is 1.50. The number of furan rings is 1. The maximum atomic E-state index is 11.9. The number of benzene rings is 2. The van der Waals surface area contributed by atoms with Crippen LogP contribution in [0.5, 0.6) is 5.75 Å². The molecule has 1 amide bonds. The number of ether oxygens (including phenoxy) is 1. The minimum absolute atomic E-state index is 0.137. The van der Waals surface area contributed by atoms with Gasteiger partial charge >= 0.3 is 0 Å². The summed E-state index contributed by atoms with van der Waals surface area (Å²) in [6.07, 6.45) is 2.48. The molecule has 1 heterocycles. The van der Waals surface area contributed by atoms with Crippen molar-refractivity contribution < 1.29 is 13.9 Å². The molecule has 0 saturated carbocycles. The van der Waals surface area contributed by atoms with Crippen molar-refractivity contribution in [3.8, 4) is 17.1 Å². The van der Waals surface area contributed by atoms with E-state index in [0.29, 0.717) is 38.8 Å². The second-order valence-electron chi connectivity index (χ2n) is 6.79. The molecular formula is C23H22Cl2N2O3. The summed E-state index contributed by atoms with van der Waals surface area (Å²) in [5, 5.41) is 4.98. The number of carbonyl (C=O) groups excluding carboxylic acids is 1. The van der Waals surface area contributed by atoms with E-state index in [9.17, 15) is 4.79 Å². The predicted octanol–water partition coefficient (Wildman–Crippen LogP) is 6.30. The van der Waals surface area contributed by atoms with Crippen molar-refractivity contribution in [3.05, 3.63) is 76.0 Å². The Bertz CT molecular complexity index is 1030. The van der Waals surface area contributed by atoms with Crippen LogP contribution in [0.1, 0.15) is 37.5 Å². The number of halogens is 2. The summed E-state index contributed by atoms with van der Waals surface area (Å²) in [5.41, 5.74) is 4.34. The first-order valence-electron chi connectivity index (χ1n) is 9.56. The molecule has 3 rings (SSSR count). The zero-order valence-corrected chi connectivity index (χ0v) is 18.2. The number of rotatable bonds is 8. The van der Waals surface area contributed by atoms with Gasteiger partial charge in [0, 0.05) is 10.6 Å². The molecule has 156 valence electrons. The fourth-order valence-corrected chi connectivity index (χ4v) is 3.11. The van der Waals surface area contributed by atoms with Crippen molar-refractivity contribution in [3.63, 3.8) is 0 Å². The molecule has 0 bridgehead atoms. The summed E-state index contributed by atoms with van der Waals surface area (Å²) in [5.74, 6) is 1.77. The molecule has 30 heavy (non-hydrogen) atoms. The molecule has 7 heteroatoms. The number of nitrogens with zero attached hydrogens (tertiary/aromatic N) is 1. The van der Waals surface area contributed by atoms with Gasteiger partial charge in [0.2, 0.25) is 0 Å². The van der Waals surface area contributed by atoms with Gasteiger partial charge in [0.25, 0.3) is 5.91 Å². The van der Waals surface area contributed by atoms with Gasteiger partial charge in [-0.2, -0.15) is 5.10 Å². The lowest BCUT2D eigenvalue weighted by Gasteiger charge is -2.10. The van der Waals surface area contributed by atoms with Crippen LogP contribution in [0, 0.1) is 0 Å². The van der Waals surface area contributed by atoms with Gasteiger partial charge in [-0.25, -0.2) is 5.43 Å². The third-order valence-electron chi connectivity index (χ3n) is 4.63. The highest BCUT2D eigenvalue weighted by Gasteiger charge is 2.09. The molecule has 0 radical (unpaired) electrons. The summed E-state index contributed by atoms with van der Waals surface area (Å²) in [6.45, 7) is 4.18. The lowest BCUT2D eigenvalue weighted by Crippen LogP contribution is -2.24. The molecular weight excluding hydrogens is 423 g/mol. The Morgan fingerprint density at radius 1 is 1.17 bits per heavy atom. The summed E-state index contributed by atoms with van der Waals surface area (Å²) < 4.78 is 11.2. The second-order valence-corrected chi connectivity index (χ2v) is 7.63. The van der Waals surface area contributed by atoms with Crippen LogP contribution in [0.2, 0.25) is 10.0 Å². The van der Waals surface area contributed by atoms with E-state index in [-0.39, 0.29) is 12.5 Å². The maximum absolute atomic E-state index is 11.9. The SMILES string of the molecule is CCC(C)c1ccc(OCC(=O)N/N=C\c2ccc(-c3cc(Cl)ccc3Cl)o2)cc1. The number of nitrogens with one attached hydrogen (secondary N) is 1. The first-order chi connectivity index (χ1) is 14.5. The summed E-state index contributed by atoms with van der Waals surface area (Å²) >= 11 is 12.2. The van der Waals surface area contributed by atoms with Crippen LogP contribution >= 0.6 is 23.2 Å². The number of hydrazone groups is 1. The Hall–Kier alpha value is -2.76. The summed E-state index contributed by atoms with van der Waals surface area (Å²) in [7, 11) is 0. The smallest absolute Gasteiger partial charge is 0.277 e. The fourth-order valence-electron chi connectivity index (χ4n) is 2.73. The average molecular weight is 445 g/mol. The Morgan fingerprint density at radius 3 is 2.67 bits per heavy atom. The molecule has 0 aliphatic rings. The highest BCUT2D eigenvalue weighted by Crippen LogP contribution is 2.31. The quantitative estimate of drug-likeness (QED) is 0.327. The third-order valence-corrected chi connectivity index (χ3v) is 5.20. The van der Waals surface area contributed by atoms with E-state index in [0.717, 1.165) is 6.42 Å². The van der Waals surface area contributed by atoms with Gasteiger partial charge in [-0.15, -0.1) is 0 Å². The van der Waals surface area contributed by atoms with E-state index < -0.39 is 0 Å². The maximum Gasteiger partial charge on any atom is 0.277 e. The van der Waals surface area contributed by atoms with Gasteiger partial charge in [-0.05, 0) is 60.4 Å². The molecule has 0 spiro atoms. The molecule has 1 N–H and O–H groups in total. The van der Waals surface area contributed by atoms with E-state index in [4.69, 9.17) is 32.4 Å². The number of hydrogen-bond acceptors (Lipinski definition) is 4. The zero-order valence-electron chi connectivity index (χ0n) is 16.7. The van der Waals surface area contributed by atoms with Crippen LogP contribution in [-0.4, -0.2) is 18.7 Å². The Morgan fingerprint density at radius 2 is 1.93 bits per heavy atom. The molecule has 0 aliphatic heterocycles. The second kappa shape index (κ2) is 10.3. The molecule has 2 aromatic carbocycles. The Labute approximate surface area is 185 Å². The lowest BCUT2D eigenvalue weighted by atomic mass is 9.99. The van der Waals surface area contributed by atoms with Gasteiger partial charge in [-0.3, -0.25) is 4.79 Å². The van der Waals surface area contributed by atoms with Crippen molar-refractivity contribution >= 4 is 35.3 Å². The molecule has 1 aromatic heterocycles. The van der Waals surface area contributed by atoms with Crippen molar-refractivity contribution in [1.82, 2.24) is 5.43 Å². The van der Waals surface area contributed by atoms with Crippen LogP contribution in [0.4, 0.5) is 0 Å². The van der Waals surface area contributed by atoms with Crippen molar-refractivity contribution in [2.75, 3.05) is 6.61 Å². The van der Waals surface area contributed by atoms with E-state index in [1.807, 2.05) is 24.3 Å². The van der Waals surface area contributed by atoms with E-state index in [2.05, 4.69) is 24.4 Å². The number of amides is 1. The topological polar surface area (TPSA) is 63.8 Å². The van der Waals surface area contributed by atoms with Gasteiger partial charge in [0.1, 0.15) is 17.3 Å². The minimum Gasteiger partial charge on any atom is -0.484 e. The van der Waals surface area contributed by atoms with Crippen LogP contribution in [0.3, 0.4) is 0 Å². The van der Waals surface area contributed by atoms with Gasteiger partial charge in [0.05, 0.1) is 11.2 Å². The molecule has 3 aromatic rings. The van der Waals surface area contributed by atoms with Crippen LogP contribution in [-0.2, 0) is 4.79 Å².